The van der Waals surface area contributed by atoms with Crippen LogP contribution in [0.1, 0.15) is 35.7 Å². The molecule has 2 heterocycles. The average Bonchev–Trinajstić information content (AvgIpc) is 3.31. The van der Waals surface area contributed by atoms with E-state index in [4.69, 9.17) is 14.2 Å². The Morgan fingerprint density at radius 1 is 1.07 bits per heavy atom. The van der Waals surface area contributed by atoms with Crippen LogP contribution in [-0.4, -0.2) is 44.3 Å². The molecule has 0 aromatic heterocycles. The Morgan fingerprint density at radius 2 is 1.87 bits per heavy atom. The van der Waals surface area contributed by atoms with Gasteiger partial charge in [-0.15, -0.1) is 0 Å². The van der Waals surface area contributed by atoms with Crippen molar-refractivity contribution in [2.45, 2.75) is 32.3 Å². The third kappa shape index (κ3) is 5.10. The van der Waals surface area contributed by atoms with Gasteiger partial charge in [0.25, 0.3) is 5.91 Å². The molecule has 0 saturated carbocycles. The summed E-state index contributed by atoms with van der Waals surface area (Å²) in [6.45, 7) is 4.40. The topological polar surface area (TPSA) is 81.2 Å². The van der Waals surface area contributed by atoms with E-state index >= 15 is 0 Å². The minimum atomic E-state index is -0.214. The number of hydrogen-bond acceptors (Lipinski definition) is 5. The lowest BCUT2D eigenvalue weighted by atomic mass is 10.1. The van der Waals surface area contributed by atoms with E-state index in [0.717, 1.165) is 31.6 Å². The summed E-state index contributed by atoms with van der Waals surface area (Å²) in [5.74, 6) is 1.55. The summed E-state index contributed by atoms with van der Waals surface area (Å²) in [5.41, 5.74) is 2.53. The summed E-state index contributed by atoms with van der Waals surface area (Å²) in [6, 6.07) is 13.2. The van der Waals surface area contributed by atoms with Crippen LogP contribution in [0.5, 0.6) is 11.5 Å². The molecule has 2 aliphatic rings. The Kier molecular flexibility index (Phi) is 6.49. The molecule has 0 spiro atoms. The van der Waals surface area contributed by atoms with Crippen LogP contribution in [0.4, 0.5) is 5.69 Å². The van der Waals surface area contributed by atoms with Gasteiger partial charge >= 0.3 is 0 Å². The van der Waals surface area contributed by atoms with Crippen molar-refractivity contribution in [1.29, 1.82) is 0 Å². The molecule has 7 heteroatoms. The molecule has 7 nitrogen and oxygen atoms in total. The van der Waals surface area contributed by atoms with Crippen molar-refractivity contribution in [2.75, 3.05) is 31.7 Å². The predicted octanol–water partition coefficient (Wildman–Crippen LogP) is 3.40. The number of ether oxygens (including phenoxy) is 3. The van der Waals surface area contributed by atoms with Gasteiger partial charge in [-0.2, -0.15) is 0 Å². The van der Waals surface area contributed by atoms with Crippen molar-refractivity contribution in [3.8, 4) is 11.5 Å². The number of nitrogens with one attached hydrogen (secondary N) is 2. The highest BCUT2D eigenvalue weighted by atomic mass is 16.6. The van der Waals surface area contributed by atoms with Gasteiger partial charge in [-0.25, -0.2) is 4.99 Å². The van der Waals surface area contributed by atoms with Crippen LogP contribution in [0, 0.1) is 0 Å². The first-order chi connectivity index (χ1) is 14.7. The number of rotatable bonds is 5. The molecule has 1 saturated heterocycles. The van der Waals surface area contributed by atoms with E-state index in [-0.39, 0.29) is 12.0 Å². The summed E-state index contributed by atoms with van der Waals surface area (Å²) in [6.07, 6.45) is 3.04. The highest BCUT2D eigenvalue weighted by molar-refractivity contribution is 6.10. The average molecular weight is 409 g/mol. The molecule has 0 radical (unpaired) electrons. The Morgan fingerprint density at radius 3 is 2.60 bits per heavy atom. The molecule has 158 valence electrons. The van der Waals surface area contributed by atoms with E-state index in [9.17, 15) is 4.79 Å². The first kappa shape index (κ1) is 20.2. The zero-order valence-corrected chi connectivity index (χ0v) is 17.1. The fourth-order valence-electron chi connectivity index (χ4n) is 3.42. The van der Waals surface area contributed by atoms with Gasteiger partial charge < -0.3 is 19.5 Å². The number of hydrogen-bond donors (Lipinski definition) is 2. The predicted molar refractivity (Wildman–Crippen MR) is 116 cm³/mol. The molecule has 1 fully saturated rings. The van der Waals surface area contributed by atoms with Crippen molar-refractivity contribution >= 4 is 17.6 Å². The summed E-state index contributed by atoms with van der Waals surface area (Å²) in [4.78, 5) is 17.4. The molecule has 2 N–H and O–H groups in total. The van der Waals surface area contributed by atoms with Crippen LogP contribution >= 0.6 is 0 Å². The third-order valence-electron chi connectivity index (χ3n) is 5.14. The smallest absolute Gasteiger partial charge is 0.257 e. The van der Waals surface area contributed by atoms with Gasteiger partial charge in [0.2, 0.25) is 5.96 Å². The summed E-state index contributed by atoms with van der Waals surface area (Å²) in [5, 5.41) is 6.10. The first-order valence-electron chi connectivity index (χ1n) is 10.4. The van der Waals surface area contributed by atoms with Gasteiger partial charge in [0.1, 0.15) is 13.2 Å². The van der Waals surface area contributed by atoms with Crippen molar-refractivity contribution in [3.05, 3.63) is 53.6 Å². The first-order valence-corrected chi connectivity index (χ1v) is 10.4. The third-order valence-corrected chi connectivity index (χ3v) is 5.14. The number of amides is 1. The van der Waals surface area contributed by atoms with E-state index in [1.807, 2.05) is 42.5 Å². The number of aryl methyl sites for hydroxylation is 1. The molecule has 1 amide bonds. The molecule has 0 bridgehead atoms. The van der Waals surface area contributed by atoms with Gasteiger partial charge in [0, 0.05) is 23.9 Å². The van der Waals surface area contributed by atoms with E-state index < -0.39 is 0 Å². The number of carbonyl (C=O) groups is 1. The number of nitrogens with zero attached hydrogens (tertiary/aromatic N) is 1. The highest BCUT2D eigenvalue weighted by Crippen LogP contribution is 2.32. The van der Waals surface area contributed by atoms with Crippen molar-refractivity contribution in [2.24, 2.45) is 4.99 Å². The second-order valence-electron chi connectivity index (χ2n) is 7.31. The molecule has 1 atom stereocenters. The van der Waals surface area contributed by atoms with Crippen LogP contribution in [0.25, 0.3) is 0 Å². The van der Waals surface area contributed by atoms with Crippen molar-refractivity contribution in [3.63, 3.8) is 0 Å². The maximum atomic E-state index is 12.8. The molecule has 30 heavy (non-hydrogen) atoms. The molecular weight excluding hydrogens is 382 g/mol. The standard InChI is InChI=1S/C23H27N3O4/c1-2-16-5-7-17(8-6-16)22(27)26-23(24-15-19-4-3-11-28-19)25-18-9-10-20-21(14-18)30-13-12-29-20/h5-10,14,19H,2-4,11-13,15H2,1H3,(H2,24,25,26,27)/t19-/m1/s1. The molecule has 0 aliphatic carbocycles. The number of aliphatic imine (C=N–C) groups is 1. The van der Waals surface area contributed by atoms with Crippen LogP contribution in [0.3, 0.4) is 0 Å². The van der Waals surface area contributed by atoms with Crippen LogP contribution in [0.15, 0.2) is 47.5 Å². The largest absolute Gasteiger partial charge is 0.486 e. The zero-order valence-electron chi connectivity index (χ0n) is 17.1. The lowest BCUT2D eigenvalue weighted by Crippen LogP contribution is -2.36. The number of anilines is 1. The van der Waals surface area contributed by atoms with Gasteiger partial charge in [-0.1, -0.05) is 19.1 Å². The maximum Gasteiger partial charge on any atom is 0.257 e. The maximum absolute atomic E-state index is 12.8. The Labute approximate surface area is 176 Å². The number of guanidine groups is 1. The lowest BCUT2D eigenvalue weighted by Gasteiger charge is -2.19. The van der Waals surface area contributed by atoms with Gasteiger partial charge in [0.05, 0.1) is 12.6 Å². The Balaban J connectivity index is 1.49. The summed E-state index contributed by atoms with van der Waals surface area (Å²) >= 11 is 0. The summed E-state index contributed by atoms with van der Waals surface area (Å²) in [7, 11) is 0. The molecule has 2 aliphatic heterocycles. The fraction of sp³-hybridized carbons (Fsp3) is 0.391. The van der Waals surface area contributed by atoms with E-state index in [2.05, 4.69) is 22.5 Å². The van der Waals surface area contributed by atoms with E-state index in [1.165, 1.54) is 5.56 Å². The quantitative estimate of drug-likeness (QED) is 0.584. The SMILES string of the molecule is CCc1ccc(C(=O)NC(=NC[C@H]2CCCO2)Nc2ccc3c(c2)OCCO3)cc1. The summed E-state index contributed by atoms with van der Waals surface area (Å²) < 4.78 is 16.9. The number of carbonyl (C=O) groups excluding carboxylic acids is 1. The minimum Gasteiger partial charge on any atom is -0.486 e. The van der Waals surface area contributed by atoms with Gasteiger partial charge in [-0.05, 0) is 49.1 Å². The van der Waals surface area contributed by atoms with Crippen LogP contribution < -0.4 is 20.1 Å². The second-order valence-corrected chi connectivity index (χ2v) is 7.31. The van der Waals surface area contributed by atoms with E-state index in [0.29, 0.717) is 42.8 Å². The Hall–Kier alpha value is -3.06. The molecule has 2 aromatic rings. The van der Waals surface area contributed by atoms with Crippen molar-refractivity contribution < 1.29 is 19.0 Å². The normalized spacial score (nSPS) is 18.2. The van der Waals surface area contributed by atoms with Crippen LogP contribution in [-0.2, 0) is 11.2 Å². The zero-order chi connectivity index (χ0) is 20.8. The molecule has 0 unspecified atom stereocenters. The Bertz CT molecular complexity index is 905. The molecule has 4 rings (SSSR count). The minimum absolute atomic E-state index is 0.0859. The lowest BCUT2D eigenvalue weighted by molar-refractivity contribution is 0.0975. The second kappa shape index (κ2) is 9.63. The fourth-order valence-corrected chi connectivity index (χ4v) is 3.42. The monoisotopic (exact) mass is 409 g/mol. The molecular formula is C23H27N3O4. The van der Waals surface area contributed by atoms with E-state index in [1.54, 1.807) is 0 Å². The van der Waals surface area contributed by atoms with Crippen molar-refractivity contribution in [1.82, 2.24) is 5.32 Å². The van der Waals surface area contributed by atoms with Gasteiger partial charge in [0.15, 0.2) is 11.5 Å². The van der Waals surface area contributed by atoms with Crippen LogP contribution in [0.2, 0.25) is 0 Å². The molecule has 2 aromatic carbocycles. The van der Waals surface area contributed by atoms with Gasteiger partial charge in [-0.3, -0.25) is 10.1 Å². The highest BCUT2D eigenvalue weighted by Gasteiger charge is 2.17. The number of benzene rings is 2. The number of fused-ring (bicyclic) bond motifs is 1.